The minimum absolute atomic E-state index is 0. The highest BCUT2D eigenvalue weighted by molar-refractivity contribution is 5.94. The maximum Gasteiger partial charge on any atom is 0.251 e. The summed E-state index contributed by atoms with van der Waals surface area (Å²) in [7, 11) is 0. The van der Waals surface area contributed by atoms with Gasteiger partial charge in [-0.2, -0.15) is 0 Å². The first-order valence-corrected chi connectivity index (χ1v) is 7.85. The fourth-order valence-electron chi connectivity index (χ4n) is 2.62. The van der Waals surface area contributed by atoms with Crippen LogP contribution in [-0.2, 0) is 4.79 Å². The topological polar surface area (TPSA) is 70.2 Å². The number of halogens is 1. The minimum Gasteiger partial charge on any atom is -0.354 e. The Morgan fingerprint density at radius 2 is 1.83 bits per heavy atom. The van der Waals surface area contributed by atoms with E-state index in [4.69, 9.17) is 0 Å². The molecule has 1 heterocycles. The van der Waals surface area contributed by atoms with Gasteiger partial charge in [-0.15, -0.1) is 12.4 Å². The van der Waals surface area contributed by atoms with E-state index in [9.17, 15) is 9.59 Å². The van der Waals surface area contributed by atoms with Crippen LogP contribution in [0.25, 0.3) is 0 Å². The van der Waals surface area contributed by atoms with Gasteiger partial charge in [0.1, 0.15) is 0 Å². The third kappa shape index (κ3) is 5.52. The molecule has 1 atom stereocenters. The highest BCUT2D eigenvalue weighted by Gasteiger charge is 2.34. The molecule has 1 aliphatic heterocycles. The summed E-state index contributed by atoms with van der Waals surface area (Å²) in [5.74, 6) is -0.0518. The normalized spacial score (nSPS) is 20.3. The monoisotopic (exact) mass is 339 g/mol. The molecule has 1 fully saturated rings. The summed E-state index contributed by atoms with van der Waals surface area (Å²) < 4.78 is 0. The van der Waals surface area contributed by atoms with Gasteiger partial charge >= 0.3 is 0 Å². The van der Waals surface area contributed by atoms with Gasteiger partial charge in [-0.3, -0.25) is 9.59 Å². The molecule has 0 bridgehead atoms. The van der Waals surface area contributed by atoms with E-state index >= 15 is 0 Å². The van der Waals surface area contributed by atoms with Crippen LogP contribution >= 0.6 is 12.4 Å². The molecule has 5 nitrogen and oxygen atoms in total. The lowest BCUT2D eigenvalue weighted by Crippen LogP contribution is -2.49. The Morgan fingerprint density at radius 1 is 1.17 bits per heavy atom. The number of amides is 2. The first-order valence-electron chi connectivity index (χ1n) is 7.85. The summed E-state index contributed by atoms with van der Waals surface area (Å²) in [4.78, 5) is 24.1. The number of nitrogens with one attached hydrogen (secondary N) is 3. The highest BCUT2D eigenvalue weighted by Crippen LogP contribution is 2.25. The van der Waals surface area contributed by atoms with Crippen LogP contribution in [-0.4, -0.2) is 38.0 Å². The SMILES string of the molecule is Cc1ccc(C(=O)NCCNC(=O)C2(C)CCCNC2)cc1.Cl. The van der Waals surface area contributed by atoms with E-state index in [1.807, 2.05) is 26.0 Å². The van der Waals surface area contributed by atoms with Gasteiger partial charge in [0.25, 0.3) is 5.91 Å². The van der Waals surface area contributed by atoms with E-state index in [2.05, 4.69) is 16.0 Å². The smallest absolute Gasteiger partial charge is 0.251 e. The van der Waals surface area contributed by atoms with Gasteiger partial charge in [-0.25, -0.2) is 0 Å². The number of rotatable bonds is 5. The van der Waals surface area contributed by atoms with Crippen LogP contribution in [0, 0.1) is 12.3 Å². The molecule has 23 heavy (non-hydrogen) atoms. The van der Waals surface area contributed by atoms with Crippen LogP contribution in [0.3, 0.4) is 0 Å². The van der Waals surface area contributed by atoms with Crippen LogP contribution in [0.2, 0.25) is 0 Å². The first-order chi connectivity index (χ1) is 10.5. The lowest BCUT2D eigenvalue weighted by molar-refractivity contribution is -0.131. The van der Waals surface area contributed by atoms with Crippen molar-refractivity contribution in [2.75, 3.05) is 26.2 Å². The molecule has 0 aliphatic carbocycles. The van der Waals surface area contributed by atoms with Crippen molar-refractivity contribution in [2.24, 2.45) is 5.41 Å². The maximum atomic E-state index is 12.2. The molecule has 2 rings (SSSR count). The van der Waals surface area contributed by atoms with Gasteiger partial charge in [-0.05, 0) is 45.4 Å². The second kappa shape index (κ2) is 8.89. The lowest BCUT2D eigenvalue weighted by atomic mass is 9.82. The first kappa shape index (κ1) is 19.5. The Kier molecular flexibility index (Phi) is 7.52. The largest absolute Gasteiger partial charge is 0.354 e. The predicted molar refractivity (Wildman–Crippen MR) is 94.0 cm³/mol. The number of benzene rings is 1. The molecule has 0 saturated carbocycles. The maximum absolute atomic E-state index is 12.2. The standard InChI is InChI=1S/C17H25N3O2.ClH/c1-13-4-6-14(7-5-13)15(21)19-10-11-20-16(22)17(2)8-3-9-18-12-17;/h4-7,18H,3,8-12H2,1-2H3,(H,19,21)(H,20,22);1H. The quantitative estimate of drug-likeness (QED) is 0.714. The number of piperidine rings is 1. The van der Waals surface area contributed by atoms with E-state index in [0.717, 1.165) is 24.9 Å². The average Bonchev–Trinajstić information content (AvgIpc) is 2.52. The highest BCUT2D eigenvalue weighted by atomic mass is 35.5. The van der Waals surface area contributed by atoms with Gasteiger partial charge in [0.2, 0.25) is 5.91 Å². The zero-order valence-corrected chi connectivity index (χ0v) is 14.6. The van der Waals surface area contributed by atoms with E-state index in [0.29, 0.717) is 25.2 Å². The molecule has 1 aromatic carbocycles. The fraction of sp³-hybridized carbons (Fsp3) is 0.529. The van der Waals surface area contributed by atoms with Crippen LogP contribution in [0.1, 0.15) is 35.7 Å². The second-order valence-corrected chi connectivity index (χ2v) is 6.22. The van der Waals surface area contributed by atoms with Crippen LogP contribution in [0.15, 0.2) is 24.3 Å². The van der Waals surface area contributed by atoms with E-state index < -0.39 is 0 Å². The third-order valence-electron chi connectivity index (χ3n) is 4.16. The number of carbonyl (C=O) groups excluding carboxylic acids is 2. The van der Waals surface area contributed by atoms with Gasteiger partial charge in [0.05, 0.1) is 5.41 Å². The Labute approximate surface area is 144 Å². The molecule has 1 unspecified atom stereocenters. The lowest BCUT2D eigenvalue weighted by Gasteiger charge is -2.32. The van der Waals surface area contributed by atoms with E-state index in [-0.39, 0.29) is 29.6 Å². The van der Waals surface area contributed by atoms with Crippen LogP contribution in [0.4, 0.5) is 0 Å². The molecule has 1 saturated heterocycles. The van der Waals surface area contributed by atoms with Gasteiger partial charge < -0.3 is 16.0 Å². The van der Waals surface area contributed by atoms with E-state index in [1.54, 1.807) is 12.1 Å². The summed E-state index contributed by atoms with van der Waals surface area (Å²) in [6.45, 7) is 6.55. The predicted octanol–water partition coefficient (Wildman–Crippen LogP) is 1.65. The Hall–Kier alpha value is -1.59. The van der Waals surface area contributed by atoms with Gasteiger partial charge in [0, 0.05) is 25.2 Å². The molecular weight excluding hydrogens is 314 g/mol. The number of aryl methyl sites for hydroxylation is 1. The Balaban J connectivity index is 0.00000264. The van der Waals surface area contributed by atoms with Crippen molar-refractivity contribution in [2.45, 2.75) is 26.7 Å². The molecule has 0 spiro atoms. The van der Waals surface area contributed by atoms with Crippen LogP contribution in [0.5, 0.6) is 0 Å². The molecule has 1 aromatic rings. The zero-order chi connectivity index (χ0) is 16.0. The number of hydrogen-bond donors (Lipinski definition) is 3. The van der Waals surface area contributed by atoms with Crippen molar-refractivity contribution in [3.05, 3.63) is 35.4 Å². The Morgan fingerprint density at radius 3 is 2.43 bits per heavy atom. The molecule has 1 aliphatic rings. The molecule has 0 radical (unpaired) electrons. The average molecular weight is 340 g/mol. The number of hydrogen-bond acceptors (Lipinski definition) is 3. The summed E-state index contributed by atoms with van der Waals surface area (Å²) in [5.41, 5.74) is 1.43. The van der Waals surface area contributed by atoms with Crippen molar-refractivity contribution in [3.63, 3.8) is 0 Å². The van der Waals surface area contributed by atoms with Crippen molar-refractivity contribution in [3.8, 4) is 0 Å². The summed E-state index contributed by atoms with van der Waals surface area (Å²) >= 11 is 0. The minimum atomic E-state index is -0.334. The van der Waals surface area contributed by atoms with Crippen molar-refractivity contribution < 1.29 is 9.59 Å². The summed E-state index contributed by atoms with van der Waals surface area (Å²) in [6, 6.07) is 7.43. The number of carbonyl (C=O) groups is 2. The van der Waals surface area contributed by atoms with E-state index in [1.165, 1.54) is 0 Å². The molecule has 6 heteroatoms. The molecular formula is C17H26ClN3O2. The molecule has 2 amide bonds. The Bertz CT molecular complexity index is 525. The summed E-state index contributed by atoms with van der Waals surface area (Å²) in [6.07, 6.45) is 1.93. The van der Waals surface area contributed by atoms with Crippen molar-refractivity contribution >= 4 is 24.2 Å². The molecule has 3 N–H and O–H groups in total. The fourth-order valence-corrected chi connectivity index (χ4v) is 2.62. The molecule has 128 valence electrons. The van der Waals surface area contributed by atoms with Crippen molar-refractivity contribution in [1.82, 2.24) is 16.0 Å². The molecule has 0 aromatic heterocycles. The second-order valence-electron chi connectivity index (χ2n) is 6.22. The summed E-state index contributed by atoms with van der Waals surface area (Å²) in [5, 5.41) is 9.00. The van der Waals surface area contributed by atoms with Gasteiger partial charge in [0.15, 0.2) is 0 Å². The van der Waals surface area contributed by atoms with Crippen molar-refractivity contribution in [1.29, 1.82) is 0 Å². The third-order valence-corrected chi connectivity index (χ3v) is 4.16. The zero-order valence-electron chi connectivity index (χ0n) is 13.8. The van der Waals surface area contributed by atoms with Gasteiger partial charge in [-0.1, -0.05) is 17.7 Å². The van der Waals surface area contributed by atoms with Crippen LogP contribution < -0.4 is 16.0 Å².